The van der Waals surface area contributed by atoms with Crippen molar-refractivity contribution in [3.8, 4) is 6.07 Å². The SMILES string of the molecule is C=Cc1cc(C(Nc2ccc(C#N)cc2)C(=O)O)cc([N+](=O)[O-])c1. The Morgan fingerprint density at radius 2 is 2.00 bits per heavy atom. The lowest BCUT2D eigenvalue weighted by molar-refractivity contribution is -0.384. The van der Waals surface area contributed by atoms with E-state index in [1.165, 1.54) is 24.3 Å². The molecule has 2 aromatic carbocycles. The first kappa shape index (κ1) is 16.7. The normalized spacial score (nSPS) is 11.1. The smallest absolute Gasteiger partial charge is 0.330 e. The molecule has 1 atom stereocenters. The fraction of sp³-hybridized carbons (Fsp3) is 0.0588. The number of rotatable bonds is 6. The van der Waals surface area contributed by atoms with Crippen LogP contribution in [0.3, 0.4) is 0 Å². The van der Waals surface area contributed by atoms with Crippen LogP contribution < -0.4 is 5.32 Å². The van der Waals surface area contributed by atoms with Crippen LogP contribution in [0, 0.1) is 21.4 Å². The van der Waals surface area contributed by atoms with Gasteiger partial charge < -0.3 is 10.4 Å². The highest BCUT2D eigenvalue weighted by molar-refractivity contribution is 5.80. The molecular weight excluding hydrogens is 310 g/mol. The van der Waals surface area contributed by atoms with Gasteiger partial charge in [-0.2, -0.15) is 5.26 Å². The Kier molecular flexibility index (Phi) is 4.92. The summed E-state index contributed by atoms with van der Waals surface area (Å²) in [6, 6.07) is 11.1. The van der Waals surface area contributed by atoms with Crippen LogP contribution in [0.4, 0.5) is 11.4 Å². The summed E-state index contributed by atoms with van der Waals surface area (Å²) in [5, 5.41) is 32.1. The molecule has 0 amide bonds. The number of hydrogen-bond donors (Lipinski definition) is 2. The molecule has 7 nitrogen and oxygen atoms in total. The van der Waals surface area contributed by atoms with Gasteiger partial charge in [0.2, 0.25) is 0 Å². The number of aliphatic carboxylic acids is 1. The van der Waals surface area contributed by atoms with E-state index in [0.717, 1.165) is 0 Å². The molecule has 0 spiro atoms. The number of carboxylic acids is 1. The van der Waals surface area contributed by atoms with Gasteiger partial charge in [0.05, 0.1) is 16.6 Å². The Labute approximate surface area is 137 Å². The van der Waals surface area contributed by atoms with Gasteiger partial charge in [-0.05, 0) is 41.5 Å². The topological polar surface area (TPSA) is 116 Å². The molecule has 0 saturated carbocycles. The van der Waals surface area contributed by atoms with Gasteiger partial charge in [0.15, 0.2) is 6.04 Å². The molecule has 0 heterocycles. The van der Waals surface area contributed by atoms with E-state index in [4.69, 9.17) is 5.26 Å². The van der Waals surface area contributed by atoms with Crippen LogP contribution in [-0.2, 0) is 4.79 Å². The van der Waals surface area contributed by atoms with Crippen molar-refractivity contribution in [2.45, 2.75) is 6.04 Å². The molecule has 0 fully saturated rings. The van der Waals surface area contributed by atoms with E-state index in [1.807, 2.05) is 6.07 Å². The fourth-order valence-corrected chi connectivity index (χ4v) is 2.14. The van der Waals surface area contributed by atoms with Crippen LogP contribution >= 0.6 is 0 Å². The van der Waals surface area contributed by atoms with E-state index in [0.29, 0.717) is 16.8 Å². The van der Waals surface area contributed by atoms with E-state index >= 15 is 0 Å². The minimum absolute atomic E-state index is 0.213. The van der Waals surface area contributed by atoms with Gasteiger partial charge in [0.1, 0.15) is 0 Å². The third kappa shape index (κ3) is 3.75. The molecule has 7 heteroatoms. The maximum absolute atomic E-state index is 11.6. The molecule has 0 aliphatic heterocycles. The van der Waals surface area contributed by atoms with E-state index < -0.39 is 16.9 Å². The Bertz CT molecular complexity index is 838. The summed E-state index contributed by atoms with van der Waals surface area (Å²) in [5.41, 5.74) is 1.39. The number of anilines is 1. The predicted octanol–water partition coefficient (Wildman–Crippen LogP) is 3.35. The van der Waals surface area contributed by atoms with Crippen LogP contribution in [-0.4, -0.2) is 16.0 Å². The van der Waals surface area contributed by atoms with Crippen molar-refractivity contribution in [3.05, 3.63) is 75.8 Å². The average molecular weight is 323 g/mol. The third-order valence-corrected chi connectivity index (χ3v) is 3.31. The Hall–Kier alpha value is -3.66. The number of nitriles is 1. The van der Waals surface area contributed by atoms with Gasteiger partial charge in [-0.25, -0.2) is 4.79 Å². The van der Waals surface area contributed by atoms with Gasteiger partial charge in [-0.3, -0.25) is 10.1 Å². The lowest BCUT2D eigenvalue weighted by Gasteiger charge is -2.16. The number of carbonyl (C=O) groups is 1. The first-order valence-electron chi connectivity index (χ1n) is 6.86. The molecule has 0 aliphatic carbocycles. The van der Waals surface area contributed by atoms with Crippen LogP contribution in [0.1, 0.15) is 22.7 Å². The van der Waals surface area contributed by atoms with Gasteiger partial charge >= 0.3 is 5.97 Å². The lowest BCUT2D eigenvalue weighted by Crippen LogP contribution is -2.20. The number of hydrogen-bond acceptors (Lipinski definition) is 5. The van der Waals surface area contributed by atoms with Crippen LogP contribution in [0.15, 0.2) is 49.0 Å². The van der Waals surface area contributed by atoms with Crippen molar-refractivity contribution >= 4 is 23.4 Å². The molecule has 120 valence electrons. The summed E-state index contributed by atoms with van der Waals surface area (Å²) in [4.78, 5) is 22.0. The monoisotopic (exact) mass is 323 g/mol. The molecule has 0 saturated heterocycles. The Balaban J connectivity index is 2.41. The number of nitrogens with one attached hydrogen (secondary N) is 1. The number of nitrogens with zero attached hydrogens (tertiary/aromatic N) is 2. The standard InChI is InChI=1S/C17H13N3O4/c1-2-11-7-13(9-15(8-11)20(23)24)16(17(21)22)19-14-5-3-12(10-18)4-6-14/h2-9,16,19H,1H2,(H,21,22). The summed E-state index contributed by atoms with van der Waals surface area (Å²) < 4.78 is 0. The highest BCUT2D eigenvalue weighted by atomic mass is 16.6. The second-order valence-electron chi connectivity index (χ2n) is 4.92. The first-order valence-corrected chi connectivity index (χ1v) is 6.86. The number of carboxylic acid groups (broad SMARTS) is 1. The van der Waals surface area contributed by atoms with Crippen molar-refractivity contribution in [2.75, 3.05) is 5.32 Å². The molecule has 2 rings (SSSR count). The first-order chi connectivity index (χ1) is 11.4. The van der Waals surface area contributed by atoms with E-state index in [-0.39, 0.29) is 11.3 Å². The summed E-state index contributed by atoms with van der Waals surface area (Å²) in [5.74, 6) is -1.19. The maximum Gasteiger partial charge on any atom is 0.330 e. The van der Waals surface area contributed by atoms with Gasteiger partial charge in [-0.1, -0.05) is 12.7 Å². The second-order valence-corrected chi connectivity index (χ2v) is 4.92. The molecular formula is C17H13N3O4. The zero-order valence-corrected chi connectivity index (χ0v) is 12.5. The van der Waals surface area contributed by atoms with Gasteiger partial charge in [0.25, 0.3) is 5.69 Å². The van der Waals surface area contributed by atoms with Crippen LogP contribution in [0.25, 0.3) is 6.08 Å². The zero-order chi connectivity index (χ0) is 17.7. The van der Waals surface area contributed by atoms with Crippen molar-refractivity contribution in [1.29, 1.82) is 5.26 Å². The molecule has 0 bridgehead atoms. The molecule has 0 aliphatic rings. The van der Waals surface area contributed by atoms with E-state index in [1.54, 1.807) is 24.3 Å². The summed E-state index contributed by atoms with van der Waals surface area (Å²) in [7, 11) is 0. The van der Waals surface area contributed by atoms with Gasteiger partial charge in [-0.15, -0.1) is 0 Å². The van der Waals surface area contributed by atoms with Crippen molar-refractivity contribution in [1.82, 2.24) is 0 Å². The van der Waals surface area contributed by atoms with Crippen LogP contribution in [0.5, 0.6) is 0 Å². The highest BCUT2D eigenvalue weighted by Gasteiger charge is 2.22. The van der Waals surface area contributed by atoms with Crippen molar-refractivity contribution in [3.63, 3.8) is 0 Å². The quantitative estimate of drug-likeness (QED) is 0.622. The lowest BCUT2D eigenvalue weighted by atomic mass is 10.0. The van der Waals surface area contributed by atoms with Gasteiger partial charge in [0, 0.05) is 17.8 Å². The Morgan fingerprint density at radius 3 is 2.50 bits per heavy atom. The van der Waals surface area contributed by atoms with E-state index in [2.05, 4.69) is 11.9 Å². The van der Waals surface area contributed by atoms with E-state index in [9.17, 15) is 20.0 Å². The highest BCUT2D eigenvalue weighted by Crippen LogP contribution is 2.26. The molecule has 0 aromatic heterocycles. The van der Waals surface area contributed by atoms with Crippen molar-refractivity contribution in [2.24, 2.45) is 0 Å². The molecule has 0 radical (unpaired) electrons. The molecule has 2 N–H and O–H groups in total. The zero-order valence-electron chi connectivity index (χ0n) is 12.5. The fourth-order valence-electron chi connectivity index (χ4n) is 2.14. The predicted molar refractivity (Wildman–Crippen MR) is 88.3 cm³/mol. The largest absolute Gasteiger partial charge is 0.479 e. The molecule has 24 heavy (non-hydrogen) atoms. The molecule has 2 aromatic rings. The minimum Gasteiger partial charge on any atom is -0.479 e. The minimum atomic E-state index is -1.19. The summed E-state index contributed by atoms with van der Waals surface area (Å²) >= 11 is 0. The summed E-state index contributed by atoms with van der Waals surface area (Å²) in [6.45, 7) is 3.56. The average Bonchev–Trinajstić information content (AvgIpc) is 2.59. The molecule has 1 unspecified atom stereocenters. The second kappa shape index (κ2) is 7.07. The van der Waals surface area contributed by atoms with Crippen LogP contribution in [0.2, 0.25) is 0 Å². The number of non-ortho nitro benzene ring substituents is 1. The summed E-state index contributed by atoms with van der Waals surface area (Å²) in [6.07, 6.45) is 1.41. The maximum atomic E-state index is 11.6. The number of nitro benzene ring substituents is 1. The number of nitro groups is 1. The van der Waals surface area contributed by atoms with Crippen molar-refractivity contribution < 1.29 is 14.8 Å². The third-order valence-electron chi connectivity index (χ3n) is 3.31. The Morgan fingerprint density at radius 1 is 1.33 bits per heavy atom. The number of benzene rings is 2.